The summed E-state index contributed by atoms with van der Waals surface area (Å²) in [5.74, 6) is 2.31. The molecule has 0 amide bonds. The maximum atomic E-state index is 6.26. The Labute approximate surface area is 133 Å². The molecule has 3 aromatic rings. The number of hydrogen-bond donors (Lipinski definition) is 1. The lowest BCUT2D eigenvalue weighted by Crippen LogP contribution is -2.10. The highest BCUT2D eigenvalue weighted by molar-refractivity contribution is 6.31. The minimum absolute atomic E-state index is 0.0356. The van der Waals surface area contributed by atoms with Crippen LogP contribution < -0.4 is 5.32 Å². The molecule has 0 saturated heterocycles. The summed E-state index contributed by atoms with van der Waals surface area (Å²) in [4.78, 5) is 4.42. The van der Waals surface area contributed by atoms with Crippen molar-refractivity contribution in [2.75, 3.05) is 5.32 Å². The standard InChI is InChI=1S/C16H16ClN5/c1-10(12-4-2-3-5-13(12)17)19-14-16-21-20-15(11-6-7-11)22(16)9-8-18-14/h2-5,8-11H,6-7H2,1H3,(H,18,19). The number of benzene rings is 1. The zero-order valence-electron chi connectivity index (χ0n) is 12.2. The third kappa shape index (κ3) is 2.31. The first-order chi connectivity index (χ1) is 10.7. The average molecular weight is 314 g/mol. The van der Waals surface area contributed by atoms with Gasteiger partial charge in [0.1, 0.15) is 5.82 Å². The first kappa shape index (κ1) is 13.5. The van der Waals surface area contributed by atoms with Gasteiger partial charge in [0.25, 0.3) is 0 Å². The van der Waals surface area contributed by atoms with Crippen LogP contribution in [0.5, 0.6) is 0 Å². The highest BCUT2D eigenvalue weighted by atomic mass is 35.5. The normalized spacial score (nSPS) is 15.9. The number of nitrogens with one attached hydrogen (secondary N) is 1. The van der Waals surface area contributed by atoms with Crippen LogP contribution in [0.4, 0.5) is 5.82 Å². The predicted octanol–water partition coefficient (Wildman–Crippen LogP) is 3.83. The molecule has 112 valence electrons. The number of halogens is 1. The molecule has 1 unspecified atom stereocenters. The van der Waals surface area contributed by atoms with Crippen molar-refractivity contribution < 1.29 is 0 Å². The lowest BCUT2D eigenvalue weighted by Gasteiger charge is -2.16. The third-order valence-electron chi connectivity index (χ3n) is 4.02. The third-order valence-corrected chi connectivity index (χ3v) is 4.37. The van der Waals surface area contributed by atoms with E-state index < -0.39 is 0 Å². The number of aromatic nitrogens is 4. The summed E-state index contributed by atoms with van der Waals surface area (Å²) >= 11 is 6.26. The zero-order chi connectivity index (χ0) is 15.1. The number of rotatable bonds is 4. The highest BCUT2D eigenvalue weighted by Crippen LogP contribution is 2.39. The van der Waals surface area contributed by atoms with Gasteiger partial charge in [-0.2, -0.15) is 0 Å². The maximum absolute atomic E-state index is 6.26. The van der Waals surface area contributed by atoms with E-state index in [2.05, 4.69) is 27.4 Å². The number of hydrogen-bond acceptors (Lipinski definition) is 4. The van der Waals surface area contributed by atoms with Crippen molar-refractivity contribution in [2.45, 2.75) is 31.7 Å². The van der Waals surface area contributed by atoms with Crippen LogP contribution in [0.1, 0.15) is 43.1 Å². The van der Waals surface area contributed by atoms with Crippen molar-refractivity contribution in [2.24, 2.45) is 0 Å². The molecule has 0 aliphatic heterocycles. The van der Waals surface area contributed by atoms with Crippen LogP contribution in [0.2, 0.25) is 5.02 Å². The second-order valence-electron chi connectivity index (χ2n) is 5.69. The topological polar surface area (TPSA) is 55.1 Å². The Bertz CT molecular complexity index is 824. The fourth-order valence-corrected chi connectivity index (χ4v) is 2.97. The molecule has 1 aromatic carbocycles. The Balaban J connectivity index is 1.68. The van der Waals surface area contributed by atoms with Gasteiger partial charge in [0.15, 0.2) is 5.82 Å². The molecule has 0 radical (unpaired) electrons. The van der Waals surface area contributed by atoms with Gasteiger partial charge in [-0.3, -0.25) is 4.40 Å². The van der Waals surface area contributed by atoms with Gasteiger partial charge in [0, 0.05) is 23.3 Å². The van der Waals surface area contributed by atoms with Crippen LogP contribution in [0, 0.1) is 0 Å². The summed E-state index contributed by atoms with van der Waals surface area (Å²) in [6, 6.07) is 7.85. The Kier molecular flexibility index (Phi) is 3.22. The van der Waals surface area contributed by atoms with E-state index in [9.17, 15) is 0 Å². The molecule has 4 rings (SSSR count). The van der Waals surface area contributed by atoms with Crippen molar-refractivity contribution in [1.82, 2.24) is 19.6 Å². The predicted molar refractivity (Wildman–Crippen MR) is 86.2 cm³/mol. The van der Waals surface area contributed by atoms with Crippen molar-refractivity contribution >= 4 is 23.1 Å². The molecule has 0 spiro atoms. The second kappa shape index (κ2) is 5.25. The Morgan fingerprint density at radius 1 is 1.27 bits per heavy atom. The molecule has 0 bridgehead atoms. The van der Waals surface area contributed by atoms with Gasteiger partial charge < -0.3 is 5.32 Å². The van der Waals surface area contributed by atoms with E-state index in [1.807, 2.05) is 34.9 Å². The summed E-state index contributed by atoms with van der Waals surface area (Å²) in [5, 5.41) is 12.8. The fraction of sp³-hybridized carbons (Fsp3) is 0.312. The van der Waals surface area contributed by atoms with Crippen LogP contribution >= 0.6 is 11.6 Å². The van der Waals surface area contributed by atoms with Crippen molar-refractivity contribution in [1.29, 1.82) is 0 Å². The van der Waals surface area contributed by atoms with Gasteiger partial charge in [-0.1, -0.05) is 29.8 Å². The van der Waals surface area contributed by atoms with E-state index in [1.165, 1.54) is 12.8 Å². The first-order valence-corrected chi connectivity index (χ1v) is 7.82. The lowest BCUT2D eigenvalue weighted by molar-refractivity contribution is 0.868. The van der Waals surface area contributed by atoms with E-state index in [4.69, 9.17) is 11.6 Å². The molecular formula is C16H16ClN5. The second-order valence-corrected chi connectivity index (χ2v) is 6.10. The molecule has 2 aromatic heterocycles. The van der Waals surface area contributed by atoms with Crippen LogP contribution in [-0.4, -0.2) is 19.6 Å². The summed E-state index contributed by atoms with van der Waals surface area (Å²) in [7, 11) is 0. The number of anilines is 1. The molecule has 1 aliphatic rings. The molecule has 1 aliphatic carbocycles. The highest BCUT2D eigenvalue weighted by Gasteiger charge is 2.29. The smallest absolute Gasteiger partial charge is 0.203 e. The van der Waals surface area contributed by atoms with Gasteiger partial charge in [0.05, 0.1) is 6.04 Å². The molecule has 1 atom stereocenters. The molecular weight excluding hydrogens is 298 g/mol. The van der Waals surface area contributed by atoms with Gasteiger partial charge in [-0.05, 0) is 31.4 Å². The van der Waals surface area contributed by atoms with Crippen molar-refractivity contribution in [3.8, 4) is 0 Å². The van der Waals surface area contributed by atoms with Crippen LogP contribution in [0.3, 0.4) is 0 Å². The fourth-order valence-electron chi connectivity index (χ4n) is 2.67. The zero-order valence-corrected chi connectivity index (χ0v) is 13.0. The monoisotopic (exact) mass is 313 g/mol. The number of nitrogens with zero attached hydrogens (tertiary/aromatic N) is 4. The van der Waals surface area contributed by atoms with Crippen LogP contribution in [0.15, 0.2) is 36.7 Å². The van der Waals surface area contributed by atoms with E-state index >= 15 is 0 Å². The summed E-state index contributed by atoms with van der Waals surface area (Å²) < 4.78 is 2.03. The molecule has 1 saturated carbocycles. The quantitative estimate of drug-likeness (QED) is 0.795. The Morgan fingerprint density at radius 3 is 2.86 bits per heavy atom. The van der Waals surface area contributed by atoms with E-state index in [0.717, 1.165) is 27.9 Å². The molecule has 2 heterocycles. The minimum Gasteiger partial charge on any atom is -0.360 e. The molecule has 1 N–H and O–H groups in total. The van der Waals surface area contributed by atoms with Gasteiger partial charge in [-0.15, -0.1) is 10.2 Å². The van der Waals surface area contributed by atoms with Gasteiger partial charge in [0.2, 0.25) is 5.65 Å². The van der Waals surface area contributed by atoms with E-state index in [-0.39, 0.29) is 6.04 Å². The first-order valence-electron chi connectivity index (χ1n) is 7.44. The number of fused-ring (bicyclic) bond motifs is 1. The summed E-state index contributed by atoms with van der Waals surface area (Å²) in [6.07, 6.45) is 6.10. The Morgan fingerprint density at radius 2 is 2.09 bits per heavy atom. The van der Waals surface area contributed by atoms with E-state index in [1.54, 1.807) is 6.20 Å². The van der Waals surface area contributed by atoms with Gasteiger partial charge >= 0.3 is 0 Å². The molecule has 22 heavy (non-hydrogen) atoms. The molecule has 1 fully saturated rings. The largest absolute Gasteiger partial charge is 0.360 e. The minimum atomic E-state index is 0.0356. The maximum Gasteiger partial charge on any atom is 0.203 e. The Hall–Kier alpha value is -2.14. The van der Waals surface area contributed by atoms with Crippen LogP contribution in [-0.2, 0) is 0 Å². The molecule has 5 nitrogen and oxygen atoms in total. The van der Waals surface area contributed by atoms with E-state index in [0.29, 0.717) is 5.92 Å². The van der Waals surface area contributed by atoms with Crippen molar-refractivity contribution in [3.63, 3.8) is 0 Å². The van der Waals surface area contributed by atoms with Crippen molar-refractivity contribution in [3.05, 3.63) is 53.1 Å². The van der Waals surface area contributed by atoms with Gasteiger partial charge in [-0.25, -0.2) is 4.98 Å². The molecule has 6 heteroatoms. The van der Waals surface area contributed by atoms with Crippen LogP contribution in [0.25, 0.3) is 5.65 Å². The summed E-state index contributed by atoms with van der Waals surface area (Å²) in [5.41, 5.74) is 1.80. The SMILES string of the molecule is CC(Nc1nccn2c(C3CC3)nnc12)c1ccccc1Cl. The summed E-state index contributed by atoms with van der Waals surface area (Å²) in [6.45, 7) is 2.06. The lowest BCUT2D eigenvalue weighted by atomic mass is 10.1. The average Bonchev–Trinajstić information content (AvgIpc) is 3.27.